The van der Waals surface area contributed by atoms with E-state index in [1.54, 1.807) is 12.1 Å². The monoisotopic (exact) mass is 345 g/mol. The predicted molar refractivity (Wildman–Crippen MR) is 85.3 cm³/mol. The number of benzene rings is 1. The van der Waals surface area contributed by atoms with Crippen molar-refractivity contribution in [3.8, 4) is 0 Å². The van der Waals surface area contributed by atoms with E-state index < -0.39 is 10.0 Å². The second-order valence-electron chi connectivity index (χ2n) is 5.20. The molecule has 8 heteroatoms. The Hall–Kier alpha value is -1.15. The van der Waals surface area contributed by atoms with Crippen LogP contribution in [-0.2, 0) is 14.8 Å². The number of nitrogens with one attached hydrogen (secondary N) is 3. The summed E-state index contributed by atoms with van der Waals surface area (Å²) >= 11 is 5.78. The van der Waals surface area contributed by atoms with Gasteiger partial charge in [0, 0.05) is 30.6 Å². The van der Waals surface area contributed by atoms with Gasteiger partial charge in [0.1, 0.15) is 0 Å². The van der Waals surface area contributed by atoms with E-state index in [4.69, 9.17) is 11.6 Å². The first-order valence-electron chi connectivity index (χ1n) is 7.23. The van der Waals surface area contributed by atoms with Gasteiger partial charge in [-0.15, -0.1) is 0 Å². The molecule has 1 aromatic carbocycles. The highest BCUT2D eigenvalue weighted by atomic mass is 35.5. The number of sulfonamides is 1. The molecule has 0 aliphatic carbocycles. The molecule has 1 heterocycles. The Labute approximate surface area is 135 Å². The minimum Gasteiger partial charge on any atom is -0.355 e. The number of amides is 1. The molecule has 1 aliphatic heterocycles. The lowest BCUT2D eigenvalue weighted by atomic mass is 10.1. The summed E-state index contributed by atoms with van der Waals surface area (Å²) in [6.45, 7) is 1.35. The van der Waals surface area contributed by atoms with Gasteiger partial charge < -0.3 is 10.6 Å². The largest absolute Gasteiger partial charge is 0.355 e. The molecule has 0 aromatic heterocycles. The zero-order chi connectivity index (χ0) is 16.0. The highest BCUT2D eigenvalue weighted by molar-refractivity contribution is 7.89. The Morgan fingerprint density at radius 1 is 1.36 bits per heavy atom. The van der Waals surface area contributed by atoms with Crippen molar-refractivity contribution in [2.45, 2.75) is 30.2 Å². The van der Waals surface area contributed by atoms with Crippen LogP contribution in [0.4, 0.5) is 0 Å². The van der Waals surface area contributed by atoms with Gasteiger partial charge in [0.15, 0.2) is 0 Å². The van der Waals surface area contributed by atoms with Gasteiger partial charge in [-0.2, -0.15) is 0 Å². The Morgan fingerprint density at radius 3 is 2.86 bits per heavy atom. The first-order valence-corrected chi connectivity index (χ1v) is 9.09. The normalized spacial score (nSPS) is 18.3. The molecule has 1 saturated heterocycles. The molecule has 1 fully saturated rings. The quantitative estimate of drug-likeness (QED) is 0.640. The molecule has 0 saturated carbocycles. The molecule has 1 amide bonds. The molecule has 1 aliphatic rings. The molecule has 0 bridgehead atoms. The van der Waals surface area contributed by atoms with Crippen molar-refractivity contribution in [3.63, 3.8) is 0 Å². The van der Waals surface area contributed by atoms with E-state index in [1.807, 2.05) is 0 Å². The summed E-state index contributed by atoms with van der Waals surface area (Å²) in [6, 6.07) is 6.28. The molecule has 122 valence electrons. The highest BCUT2D eigenvalue weighted by Gasteiger charge is 2.17. The number of rotatable bonds is 7. The fourth-order valence-corrected chi connectivity index (χ4v) is 3.66. The van der Waals surface area contributed by atoms with E-state index in [1.165, 1.54) is 12.1 Å². The van der Waals surface area contributed by atoms with E-state index in [0.29, 0.717) is 11.4 Å². The molecule has 1 aromatic rings. The maximum atomic E-state index is 12.0. The van der Waals surface area contributed by atoms with Gasteiger partial charge in [0.05, 0.1) is 4.90 Å². The Balaban J connectivity index is 1.72. The van der Waals surface area contributed by atoms with E-state index in [-0.39, 0.29) is 29.9 Å². The van der Waals surface area contributed by atoms with Crippen LogP contribution >= 0.6 is 11.6 Å². The van der Waals surface area contributed by atoms with Crippen molar-refractivity contribution in [2.24, 2.45) is 0 Å². The first-order chi connectivity index (χ1) is 10.5. The average molecular weight is 346 g/mol. The van der Waals surface area contributed by atoms with Crippen molar-refractivity contribution in [1.82, 2.24) is 15.4 Å². The minimum absolute atomic E-state index is 0.0682. The topological polar surface area (TPSA) is 87.3 Å². The van der Waals surface area contributed by atoms with Crippen molar-refractivity contribution in [2.75, 3.05) is 19.6 Å². The van der Waals surface area contributed by atoms with E-state index in [9.17, 15) is 13.2 Å². The second-order valence-corrected chi connectivity index (χ2v) is 7.41. The maximum absolute atomic E-state index is 12.0. The third kappa shape index (κ3) is 5.24. The lowest BCUT2D eigenvalue weighted by Crippen LogP contribution is -2.37. The Kier molecular flexibility index (Phi) is 6.19. The third-order valence-electron chi connectivity index (χ3n) is 3.44. The summed E-state index contributed by atoms with van der Waals surface area (Å²) in [5.74, 6) is -0.0682. The summed E-state index contributed by atoms with van der Waals surface area (Å²) < 4.78 is 26.5. The van der Waals surface area contributed by atoms with Crippen LogP contribution in [0.3, 0.4) is 0 Å². The summed E-state index contributed by atoms with van der Waals surface area (Å²) in [6.07, 6.45) is 2.53. The van der Waals surface area contributed by atoms with Crippen LogP contribution in [0.1, 0.15) is 19.3 Å². The third-order valence-corrected chi connectivity index (χ3v) is 5.13. The van der Waals surface area contributed by atoms with Gasteiger partial charge in [-0.25, -0.2) is 13.1 Å². The minimum atomic E-state index is -3.60. The summed E-state index contributed by atoms with van der Waals surface area (Å²) in [5.41, 5.74) is 0. The lowest BCUT2D eigenvalue weighted by molar-refractivity contribution is -0.121. The van der Waals surface area contributed by atoms with Crippen molar-refractivity contribution in [3.05, 3.63) is 29.3 Å². The standard InChI is InChI=1S/C14H20ClN3O3S/c15-11-3-1-5-13(9-11)22(20,21)18-8-7-17-14(19)10-12-4-2-6-16-12/h1,3,5,9,12,16,18H,2,4,6-8,10H2,(H,17,19). The number of halogens is 1. The van der Waals surface area contributed by atoms with Crippen LogP contribution in [0.5, 0.6) is 0 Å². The summed E-state index contributed by atoms with van der Waals surface area (Å²) in [4.78, 5) is 11.8. The zero-order valence-corrected chi connectivity index (χ0v) is 13.7. The molecular formula is C14H20ClN3O3S. The van der Waals surface area contributed by atoms with Gasteiger partial charge >= 0.3 is 0 Å². The van der Waals surface area contributed by atoms with Crippen LogP contribution in [0, 0.1) is 0 Å². The van der Waals surface area contributed by atoms with Crippen LogP contribution in [0.2, 0.25) is 5.02 Å². The van der Waals surface area contributed by atoms with Crippen LogP contribution in [-0.4, -0.2) is 40.0 Å². The molecule has 1 unspecified atom stereocenters. The number of hydrogen-bond donors (Lipinski definition) is 3. The SMILES string of the molecule is O=C(CC1CCCN1)NCCNS(=O)(=O)c1cccc(Cl)c1. The molecule has 2 rings (SSSR count). The Bertz CT molecular complexity index is 616. The first kappa shape index (κ1) is 17.2. The van der Waals surface area contributed by atoms with Gasteiger partial charge in [-0.3, -0.25) is 4.79 Å². The van der Waals surface area contributed by atoms with Crippen LogP contribution in [0.25, 0.3) is 0 Å². The van der Waals surface area contributed by atoms with E-state index in [0.717, 1.165) is 19.4 Å². The van der Waals surface area contributed by atoms with E-state index in [2.05, 4.69) is 15.4 Å². The lowest BCUT2D eigenvalue weighted by Gasteiger charge is -2.11. The molecule has 3 N–H and O–H groups in total. The second kappa shape index (κ2) is 7.92. The zero-order valence-electron chi connectivity index (χ0n) is 12.1. The molecule has 0 spiro atoms. The van der Waals surface area contributed by atoms with Gasteiger partial charge in [0.25, 0.3) is 0 Å². The fourth-order valence-electron chi connectivity index (χ4n) is 2.33. The highest BCUT2D eigenvalue weighted by Crippen LogP contribution is 2.14. The predicted octanol–water partition coefficient (Wildman–Crippen LogP) is 0.877. The molecule has 22 heavy (non-hydrogen) atoms. The maximum Gasteiger partial charge on any atom is 0.240 e. The summed E-state index contributed by atoms with van der Waals surface area (Å²) in [5, 5.41) is 6.32. The molecular weight excluding hydrogens is 326 g/mol. The fraction of sp³-hybridized carbons (Fsp3) is 0.500. The molecule has 1 atom stereocenters. The molecule has 0 radical (unpaired) electrons. The van der Waals surface area contributed by atoms with E-state index >= 15 is 0 Å². The smallest absolute Gasteiger partial charge is 0.240 e. The van der Waals surface area contributed by atoms with Gasteiger partial charge in [0.2, 0.25) is 15.9 Å². The number of carbonyl (C=O) groups is 1. The summed E-state index contributed by atoms with van der Waals surface area (Å²) in [7, 11) is -3.60. The van der Waals surface area contributed by atoms with Crippen LogP contribution < -0.4 is 15.4 Å². The van der Waals surface area contributed by atoms with Gasteiger partial charge in [-0.1, -0.05) is 17.7 Å². The number of hydrogen-bond acceptors (Lipinski definition) is 4. The van der Waals surface area contributed by atoms with Crippen LogP contribution in [0.15, 0.2) is 29.2 Å². The number of carbonyl (C=O) groups excluding carboxylic acids is 1. The van der Waals surface area contributed by atoms with Crippen molar-refractivity contribution >= 4 is 27.5 Å². The van der Waals surface area contributed by atoms with Gasteiger partial charge in [-0.05, 0) is 37.6 Å². The average Bonchev–Trinajstić information content (AvgIpc) is 2.96. The Morgan fingerprint density at radius 2 is 2.18 bits per heavy atom. The molecule has 6 nitrogen and oxygen atoms in total. The van der Waals surface area contributed by atoms with Crippen molar-refractivity contribution < 1.29 is 13.2 Å². The van der Waals surface area contributed by atoms with Crippen molar-refractivity contribution in [1.29, 1.82) is 0 Å².